The minimum Gasteiger partial charge on any atom is -0.467 e. The fourth-order valence-corrected chi connectivity index (χ4v) is 2.29. The third-order valence-corrected chi connectivity index (χ3v) is 3.45. The van der Waals surface area contributed by atoms with Crippen molar-refractivity contribution >= 4 is 28.3 Å². The van der Waals surface area contributed by atoms with Gasteiger partial charge in [0.1, 0.15) is 11.6 Å². The van der Waals surface area contributed by atoms with E-state index in [0.717, 1.165) is 21.4 Å². The number of rotatable bonds is 4. The molecule has 0 saturated heterocycles. The second kappa shape index (κ2) is 5.53. The van der Waals surface area contributed by atoms with E-state index in [1.54, 1.807) is 12.3 Å². The highest BCUT2D eigenvalue weighted by Crippen LogP contribution is 2.26. The maximum atomic E-state index is 13.0. The van der Waals surface area contributed by atoms with Crippen molar-refractivity contribution in [2.24, 2.45) is 0 Å². The van der Waals surface area contributed by atoms with Crippen LogP contribution in [0.1, 0.15) is 25.1 Å². The zero-order valence-corrected chi connectivity index (χ0v) is 11.6. The zero-order valence-electron chi connectivity index (χ0n) is 9.41. The van der Waals surface area contributed by atoms with Crippen molar-refractivity contribution in [3.63, 3.8) is 0 Å². The van der Waals surface area contributed by atoms with Gasteiger partial charge in [-0.2, -0.15) is 0 Å². The van der Waals surface area contributed by atoms with Crippen molar-refractivity contribution in [3.05, 3.63) is 51.7 Å². The molecular formula is C13H13FINO. The van der Waals surface area contributed by atoms with Gasteiger partial charge in [-0.05, 0) is 59.3 Å². The summed E-state index contributed by atoms with van der Waals surface area (Å²) >= 11 is 2.12. The third kappa shape index (κ3) is 3.00. The monoisotopic (exact) mass is 345 g/mol. The van der Waals surface area contributed by atoms with Crippen LogP contribution in [0.4, 0.5) is 10.1 Å². The number of hydrogen-bond acceptors (Lipinski definition) is 2. The second-order valence-corrected chi connectivity index (χ2v) is 4.91. The van der Waals surface area contributed by atoms with Gasteiger partial charge in [-0.15, -0.1) is 0 Å². The zero-order chi connectivity index (χ0) is 12.3. The smallest absolute Gasteiger partial charge is 0.125 e. The largest absolute Gasteiger partial charge is 0.467 e. The summed E-state index contributed by atoms with van der Waals surface area (Å²) in [5.41, 5.74) is 0.926. The van der Waals surface area contributed by atoms with E-state index in [1.165, 1.54) is 12.1 Å². The predicted octanol–water partition coefficient (Wildman–Crippen LogP) is 4.59. The van der Waals surface area contributed by atoms with E-state index in [0.29, 0.717) is 0 Å². The molecule has 1 atom stereocenters. The lowest BCUT2D eigenvalue weighted by molar-refractivity contribution is 0.474. The van der Waals surface area contributed by atoms with E-state index in [1.807, 2.05) is 12.1 Å². The van der Waals surface area contributed by atoms with Crippen LogP contribution in [0.15, 0.2) is 41.0 Å². The molecule has 1 heterocycles. The van der Waals surface area contributed by atoms with Gasteiger partial charge in [0.25, 0.3) is 0 Å². The van der Waals surface area contributed by atoms with Crippen LogP contribution in [0.5, 0.6) is 0 Å². The summed E-state index contributed by atoms with van der Waals surface area (Å²) in [6, 6.07) is 8.65. The molecule has 2 aromatic rings. The lowest BCUT2D eigenvalue weighted by Gasteiger charge is -2.17. The van der Waals surface area contributed by atoms with Gasteiger partial charge in [-0.25, -0.2) is 4.39 Å². The Morgan fingerprint density at radius 2 is 2.24 bits per heavy atom. The molecule has 0 radical (unpaired) electrons. The number of furan rings is 1. The normalized spacial score (nSPS) is 12.4. The number of hydrogen-bond donors (Lipinski definition) is 1. The van der Waals surface area contributed by atoms with Crippen LogP contribution in [0.25, 0.3) is 0 Å². The molecule has 2 rings (SSSR count). The van der Waals surface area contributed by atoms with Gasteiger partial charge in [0.15, 0.2) is 0 Å². The molecule has 0 amide bonds. The van der Waals surface area contributed by atoms with Crippen molar-refractivity contribution < 1.29 is 8.81 Å². The van der Waals surface area contributed by atoms with Crippen LogP contribution in [-0.2, 0) is 0 Å². The Hall–Kier alpha value is -1.04. The molecule has 0 aliphatic heterocycles. The van der Waals surface area contributed by atoms with Gasteiger partial charge in [-0.3, -0.25) is 0 Å². The molecule has 90 valence electrons. The summed E-state index contributed by atoms with van der Waals surface area (Å²) in [6.45, 7) is 2.08. The molecule has 1 N–H and O–H groups in total. The SMILES string of the molecule is CCC(Nc1ccc(F)cc1I)c1ccco1. The lowest BCUT2D eigenvalue weighted by Crippen LogP contribution is -2.09. The molecule has 1 aromatic carbocycles. The molecular weight excluding hydrogens is 332 g/mol. The van der Waals surface area contributed by atoms with Crippen molar-refractivity contribution in [2.75, 3.05) is 5.32 Å². The fraction of sp³-hybridized carbons (Fsp3) is 0.231. The van der Waals surface area contributed by atoms with Crippen molar-refractivity contribution in [3.8, 4) is 0 Å². The molecule has 1 unspecified atom stereocenters. The van der Waals surface area contributed by atoms with Crippen molar-refractivity contribution in [1.82, 2.24) is 0 Å². The predicted molar refractivity (Wildman–Crippen MR) is 74.5 cm³/mol. The van der Waals surface area contributed by atoms with Crippen LogP contribution in [0.2, 0.25) is 0 Å². The van der Waals surface area contributed by atoms with Gasteiger partial charge < -0.3 is 9.73 Å². The Labute approximate surface area is 113 Å². The third-order valence-electron chi connectivity index (χ3n) is 2.56. The number of benzene rings is 1. The molecule has 0 aliphatic carbocycles. The number of anilines is 1. The molecule has 1 aromatic heterocycles. The summed E-state index contributed by atoms with van der Waals surface area (Å²) in [6.07, 6.45) is 2.57. The first-order valence-electron chi connectivity index (χ1n) is 5.45. The fourth-order valence-electron chi connectivity index (χ4n) is 1.66. The molecule has 2 nitrogen and oxygen atoms in total. The van der Waals surface area contributed by atoms with E-state index in [4.69, 9.17) is 4.42 Å². The van der Waals surface area contributed by atoms with E-state index in [-0.39, 0.29) is 11.9 Å². The Morgan fingerprint density at radius 3 is 2.82 bits per heavy atom. The van der Waals surface area contributed by atoms with E-state index >= 15 is 0 Å². The highest BCUT2D eigenvalue weighted by Gasteiger charge is 2.13. The van der Waals surface area contributed by atoms with Crippen LogP contribution in [-0.4, -0.2) is 0 Å². The van der Waals surface area contributed by atoms with Gasteiger partial charge in [0.05, 0.1) is 12.3 Å². The first kappa shape index (κ1) is 12.4. The number of halogens is 2. The second-order valence-electron chi connectivity index (χ2n) is 3.74. The first-order chi connectivity index (χ1) is 8.20. The average Bonchev–Trinajstić information content (AvgIpc) is 2.81. The Kier molecular flexibility index (Phi) is 4.04. The summed E-state index contributed by atoms with van der Waals surface area (Å²) in [5.74, 6) is 0.679. The summed E-state index contributed by atoms with van der Waals surface area (Å²) < 4.78 is 19.2. The molecule has 0 bridgehead atoms. The van der Waals surface area contributed by atoms with Crippen LogP contribution < -0.4 is 5.32 Å². The van der Waals surface area contributed by atoms with Gasteiger partial charge in [0.2, 0.25) is 0 Å². The minimum absolute atomic E-state index is 0.115. The van der Waals surface area contributed by atoms with Crippen LogP contribution in [0.3, 0.4) is 0 Å². The van der Waals surface area contributed by atoms with E-state index < -0.39 is 0 Å². The molecule has 0 spiro atoms. The average molecular weight is 345 g/mol. The number of nitrogens with one attached hydrogen (secondary N) is 1. The summed E-state index contributed by atoms with van der Waals surface area (Å²) in [5, 5.41) is 3.36. The minimum atomic E-state index is -0.217. The highest BCUT2D eigenvalue weighted by atomic mass is 127. The van der Waals surface area contributed by atoms with Gasteiger partial charge >= 0.3 is 0 Å². The Bertz CT molecular complexity index is 484. The van der Waals surface area contributed by atoms with Crippen molar-refractivity contribution in [1.29, 1.82) is 0 Å². The lowest BCUT2D eigenvalue weighted by atomic mass is 10.1. The van der Waals surface area contributed by atoms with Crippen LogP contribution >= 0.6 is 22.6 Å². The first-order valence-corrected chi connectivity index (χ1v) is 6.53. The molecule has 17 heavy (non-hydrogen) atoms. The van der Waals surface area contributed by atoms with Crippen molar-refractivity contribution in [2.45, 2.75) is 19.4 Å². The maximum Gasteiger partial charge on any atom is 0.125 e. The highest BCUT2D eigenvalue weighted by molar-refractivity contribution is 14.1. The molecule has 0 fully saturated rings. The van der Waals surface area contributed by atoms with Crippen LogP contribution in [0, 0.1) is 9.39 Å². The quantitative estimate of drug-likeness (QED) is 0.821. The topological polar surface area (TPSA) is 25.2 Å². The van der Waals surface area contributed by atoms with E-state index in [9.17, 15) is 4.39 Å². The Morgan fingerprint density at radius 1 is 1.41 bits per heavy atom. The standard InChI is InChI=1S/C13H13FINO/c1-2-11(13-4-3-7-17-13)16-12-6-5-9(14)8-10(12)15/h3-8,11,16H,2H2,1H3. The van der Waals surface area contributed by atoms with Gasteiger partial charge in [-0.1, -0.05) is 6.92 Å². The molecule has 4 heteroatoms. The maximum absolute atomic E-state index is 13.0. The van der Waals surface area contributed by atoms with E-state index in [2.05, 4.69) is 34.8 Å². The molecule has 0 saturated carbocycles. The van der Waals surface area contributed by atoms with Gasteiger partial charge in [0, 0.05) is 9.26 Å². The molecule has 0 aliphatic rings. The summed E-state index contributed by atoms with van der Waals surface area (Å²) in [7, 11) is 0. The Balaban J connectivity index is 2.19. The summed E-state index contributed by atoms with van der Waals surface area (Å²) in [4.78, 5) is 0.